The van der Waals surface area contributed by atoms with E-state index in [-0.39, 0.29) is 10.9 Å². The van der Waals surface area contributed by atoms with E-state index in [0.717, 1.165) is 5.75 Å². The Kier molecular flexibility index (Phi) is 6.23. The van der Waals surface area contributed by atoms with Crippen molar-refractivity contribution in [1.82, 2.24) is 19.3 Å². The Bertz CT molecular complexity index is 1370. The summed E-state index contributed by atoms with van der Waals surface area (Å²) < 4.78 is 40.5. The number of ether oxygens (including phenoxy) is 2. The van der Waals surface area contributed by atoms with Crippen molar-refractivity contribution in [2.45, 2.75) is 17.5 Å². The van der Waals surface area contributed by atoms with Crippen LogP contribution >= 0.6 is 11.6 Å². The minimum atomic E-state index is -3.61. The van der Waals surface area contributed by atoms with Crippen LogP contribution in [0.1, 0.15) is 11.7 Å². The zero-order chi connectivity index (χ0) is 23.5. The third kappa shape index (κ3) is 4.77. The molecule has 0 aliphatic carbocycles. The Morgan fingerprint density at radius 3 is 2.35 bits per heavy atom. The summed E-state index contributed by atoms with van der Waals surface area (Å²) in [6.45, 7) is 0.937. The second-order valence-corrected chi connectivity index (χ2v) is 10.1. The van der Waals surface area contributed by atoms with Gasteiger partial charge in [0.25, 0.3) is 0 Å². The molecule has 0 bridgehead atoms. The van der Waals surface area contributed by atoms with Gasteiger partial charge < -0.3 is 9.47 Å². The standard InChI is InChI=1S/C24H21ClN4O4S/c25-23-8-4-5-9-24(23)33-21-10-12-22(13-11-21)34(30,31)28-15-19(16-28)29-14-18(26-27-29)17-32-20-6-2-1-3-7-20/h1-14,19H,15-17H2. The maximum atomic E-state index is 13.0. The first-order valence-corrected chi connectivity index (χ1v) is 12.4. The van der Waals surface area contributed by atoms with E-state index < -0.39 is 10.0 Å². The van der Waals surface area contributed by atoms with Crippen molar-refractivity contribution in [3.05, 3.63) is 95.8 Å². The summed E-state index contributed by atoms with van der Waals surface area (Å²) in [4.78, 5) is 0.202. The van der Waals surface area contributed by atoms with Crippen molar-refractivity contribution in [1.29, 1.82) is 0 Å². The quantitative estimate of drug-likeness (QED) is 0.356. The molecule has 3 aromatic carbocycles. The third-order valence-electron chi connectivity index (χ3n) is 5.42. The van der Waals surface area contributed by atoms with Gasteiger partial charge in [0.2, 0.25) is 10.0 Å². The molecule has 0 spiro atoms. The molecule has 0 radical (unpaired) electrons. The van der Waals surface area contributed by atoms with E-state index in [1.54, 1.807) is 35.1 Å². The van der Waals surface area contributed by atoms with Gasteiger partial charge in [0.15, 0.2) is 0 Å². The first kappa shape index (κ1) is 22.4. The molecule has 10 heteroatoms. The molecule has 1 aliphatic rings. The van der Waals surface area contributed by atoms with E-state index >= 15 is 0 Å². The summed E-state index contributed by atoms with van der Waals surface area (Å²) in [5.41, 5.74) is 0.680. The van der Waals surface area contributed by atoms with E-state index in [1.807, 2.05) is 42.5 Å². The molecule has 0 amide bonds. The molecular weight excluding hydrogens is 476 g/mol. The summed E-state index contributed by atoms with van der Waals surface area (Å²) in [5, 5.41) is 8.74. The fraction of sp³-hybridized carbons (Fsp3) is 0.167. The lowest BCUT2D eigenvalue weighted by Crippen LogP contribution is -2.50. The monoisotopic (exact) mass is 496 g/mol. The number of halogens is 1. The fourth-order valence-corrected chi connectivity index (χ4v) is 5.18. The van der Waals surface area contributed by atoms with E-state index in [0.29, 0.717) is 41.9 Å². The van der Waals surface area contributed by atoms with Crippen molar-refractivity contribution in [3.8, 4) is 17.2 Å². The highest BCUT2D eigenvalue weighted by Crippen LogP contribution is 2.31. The van der Waals surface area contributed by atoms with E-state index in [1.165, 1.54) is 16.4 Å². The van der Waals surface area contributed by atoms with E-state index in [2.05, 4.69) is 10.3 Å². The Hall–Kier alpha value is -3.40. The van der Waals surface area contributed by atoms with Gasteiger partial charge in [-0.3, -0.25) is 0 Å². The van der Waals surface area contributed by atoms with Crippen molar-refractivity contribution >= 4 is 21.6 Å². The summed E-state index contributed by atoms with van der Waals surface area (Å²) >= 11 is 6.11. The molecule has 8 nitrogen and oxygen atoms in total. The highest BCUT2D eigenvalue weighted by Gasteiger charge is 2.38. The average molecular weight is 497 g/mol. The molecule has 174 valence electrons. The molecule has 1 aliphatic heterocycles. The minimum Gasteiger partial charge on any atom is -0.487 e. The average Bonchev–Trinajstić information content (AvgIpc) is 3.27. The number of aromatic nitrogens is 3. The largest absolute Gasteiger partial charge is 0.487 e. The summed E-state index contributed by atoms with van der Waals surface area (Å²) in [5.74, 6) is 1.76. The van der Waals surface area contributed by atoms with Crippen LogP contribution in [0.2, 0.25) is 5.02 Å². The van der Waals surface area contributed by atoms with Gasteiger partial charge in [0, 0.05) is 13.1 Å². The van der Waals surface area contributed by atoms with Gasteiger partial charge in [-0.15, -0.1) is 5.10 Å². The number of nitrogens with zero attached hydrogens (tertiary/aromatic N) is 4. The van der Waals surface area contributed by atoms with Crippen LogP contribution in [-0.4, -0.2) is 40.8 Å². The second-order valence-electron chi connectivity index (χ2n) is 7.77. The number of rotatable bonds is 8. The van der Waals surface area contributed by atoms with Crippen LogP contribution in [-0.2, 0) is 16.6 Å². The summed E-state index contributed by atoms with van der Waals surface area (Å²) in [6.07, 6.45) is 1.79. The number of hydrogen-bond donors (Lipinski definition) is 0. The lowest BCUT2D eigenvalue weighted by atomic mass is 10.2. The minimum absolute atomic E-state index is 0.0735. The smallest absolute Gasteiger partial charge is 0.243 e. The Labute approximate surface area is 202 Å². The second kappa shape index (κ2) is 9.46. The van der Waals surface area contributed by atoms with Crippen LogP contribution < -0.4 is 9.47 Å². The van der Waals surface area contributed by atoms with Crippen molar-refractivity contribution in [2.24, 2.45) is 0 Å². The molecule has 2 heterocycles. The molecule has 1 aromatic heterocycles. The zero-order valence-corrected chi connectivity index (χ0v) is 19.6. The maximum Gasteiger partial charge on any atom is 0.243 e. The molecule has 0 N–H and O–H groups in total. The SMILES string of the molecule is O=S(=O)(c1ccc(Oc2ccccc2Cl)cc1)N1CC(n2cc(COc3ccccc3)nn2)C1. The third-order valence-corrected chi connectivity index (χ3v) is 7.57. The summed E-state index contributed by atoms with van der Waals surface area (Å²) in [6, 6.07) is 22.8. The van der Waals surface area contributed by atoms with Gasteiger partial charge in [-0.2, -0.15) is 4.31 Å². The highest BCUT2D eigenvalue weighted by molar-refractivity contribution is 7.89. The number of hydrogen-bond acceptors (Lipinski definition) is 6. The maximum absolute atomic E-state index is 13.0. The molecule has 4 aromatic rings. The fourth-order valence-electron chi connectivity index (χ4n) is 3.50. The number of benzene rings is 3. The topological polar surface area (TPSA) is 86.6 Å². The molecule has 0 saturated carbocycles. The van der Waals surface area contributed by atoms with Crippen molar-refractivity contribution in [3.63, 3.8) is 0 Å². The lowest BCUT2D eigenvalue weighted by molar-refractivity contribution is 0.188. The molecule has 1 fully saturated rings. The Morgan fingerprint density at radius 1 is 0.912 bits per heavy atom. The van der Waals surface area contributed by atoms with Crippen molar-refractivity contribution in [2.75, 3.05) is 13.1 Å². The molecule has 0 unspecified atom stereocenters. The van der Waals surface area contributed by atoms with Gasteiger partial charge >= 0.3 is 0 Å². The van der Waals surface area contributed by atoms with E-state index in [9.17, 15) is 8.42 Å². The van der Waals surface area contributed by atoms with Crippen LogP contribution in [0.15, 0.2) is 90.0 Å². The Balaban J connectivity index is 1.18. The number of para-hydroxylation sites is 2. The van der Waals surface area contributed by atoms with Gasteiger partial charge in [-0.25, -0.2) is 13.1 Å². The van der Waals surface area contributed by atoms with Gasteiger partial charge in [0.05, 0.1) is 22.2 Å². The molecule has 0 atom stereocenters. The van der Waals surface area contributed by atoms with Gasteiger partial charge in [-0.05, 0) is 48.5 Å². The van der Waals surface area contributed by atoms with Crippen LogP contribution in [0.5, 0.6) is 17.2 Å². The molecule has 5 rings (SSSR count). The molecule has 1 saturated heterocycles. The summed E-state index contributed by atoms with van der Waals surface area (Å²) in [7, 11) is -3.61. The molecular formula is C24H21ClN4O4S. The van der Waals surface area contributed by atoms with Crippen molar-refractivity contribution < 1.29 is 17.9 Å². The predicted molar refractivity (Wildman–Crippen MR) is 127 cm³/mol. The van der Waals surface area contributed by atoms with Crippen LogP contribution in [0.4, 0.5) is 0 Å². The predicted octanol–water partition coefficient (Wildman–Crippen LogP) is 4.55. The van der Waals surface area contributed by atoms with Crippen LogP contribution in [0, 0.1) is 0 Å². The van der Waals surface area contributed by atoms with Gasteiger partial charge in [0.1, 0.15) is 29.5 Å². The van der Waals surface area contributed by atoms with Crippen LogP contribution in [0.25, 0.3) is 0 Å². The number of sulfonamides is 1. The molecule has 34 heavy (non-hydrogen) atoms. The van der Waals surface area contributed by atoms with E-state index in [4.69, 9.17) is 21.1 Å². The van der Waals surface area contributed by atoms with Gasteiger partial charge in [-0.1, -0.05) is 47.1 Å². The lowest BCUT2D eigenvalue weighted by Gasteiger charge is -2.37. The van der Waals surface area contributed by atoms with Crippen LogP contribution in [0.3, 0.4) is 0 Å². The Morgan fingerprint density at radius 2 is 1.62 bits per heavy atom. The first-order valence-electron chi connectivity index (χ1n) is 10.6. The highest BCUT2D eigenvalue weighted by atomic mass is 35.5. The first-order chi connectivity index (χ1) is 16.5. The normalized spacial score (nSPS) is 14.5. The zero-order valence-electron chi connectivity index (χ0n) is 18.0.